The number of amides is 1. The first-order valence-corrected chi connectivity index (χ1v) is 12.8. The number of hydrogen-bond donors (Lipinski definition) is 2. The molecule has 5 aromatic rings. The van der Waals surface area contributed by atoms with Gasteiger partial charge in [-0.3, -0.25) is 9.78 Å². The summed E-state index contributed by atoms with van der Waals surface area (Å²) >= 11 is 0. The molecular weight excluding hydrogens is 476 g/mol. The maximum absolute atomic E-state index is 12.6. The molecule has 1 fully saturated rings. The Bertz CT molecular complexity index is 1540. The summed E-state index contributed by atoms with van der Waals surface area (Å²) in [5, 5.41) is 4.03. The summed E-state index contributed by atoms with van der Waals surface area (Å²) in [6.07, 6.45) is 10.6. The zero-order valence-electron chi connectivity index (χ0n) is 20.8. The molecule has 0 aliphatic heterocycles. The van der Waals surface area contributed by atoms with Gasteiger partial charge in [-0.1, -0.05) is 30.3 Å². The van der Waals surface area contributed by atoms with E-state index in [-0.39, 0.29) is 18.0 Å². The number of fused-ring (bicyclic) bond motifs is 1. The summed E-state index contributed by atoms with van der Waals surface area (Å²) in [5.74, 6) is 1.97. The van der Waals surface area contributed by atoms with E-state index in [0.717, 1.165) is 59.3 Å². The SMILES string of the molecule is Nc1ncnc2c1c(-c1ccc(Oc3ccccc3)cc1)cn2[C@H]1CC[C@@H](NC(=O)c2ccncc2)CC1. The zero-order chi connectivity index (χ0) is 25.9. The molecule has 0 spiro atoms. The Labute approximate surface area is 220 Å². The lowest BCUT2D eigenvalue weighted by molar-refractivity contribution is 0.0922. The van der Waals surface area contributed by atoms with E-state index in [1.54, 1.807) is 24.5 Å². The van der Waals surface area contributed by atoms with Gasteiger partial charge in [-0.15, -0.1) is 0 Å². The molecular formula is C30H28N6O2. The highest BCUT2D eigenvalue weighted by Crippen LogP contribution is 2.38. The molecule has 190 valence electrons. The lowest BCUT2D eigenvalue weighted by atomic mass is 9.91. The van der Waals surface area contributed by atoms with Gasteiger partial charge in [0.05, 0.1) is 5.39 Å². The molecule has 8 heteroatoms. The fraction of sp³-hybridized carbons (Fsp3) is 0.200. The fourth-order valence-corrected chi connectivity index (χ4v) is 5.20. The van der Waals surface area contributed by atoms with Crippen LogP contribution in [0.4, 0.5) is 5.82 Å². The predicted octanol–water partition coefficient (Wildman–Crippen LogP) is 5.78. The molecule has 3 heterocycles. The molecule has 1 aliphatic carbocycles. The van der Waals surface area contributed by atoms with E-state index in [1.807, 2.05) is 54.6 Å². The zero-order valence-corrected chi connectivity index (χ0v) is 20.8. The van der Waals surface area contributed by atoms with Crippen LogP contribution in [0.15, 0.2) is 91.6 Å². The van der Waals surface area contributed by atoms with Gasteiger partial charge in [-0.05, 0) is 67.6 Å². The number of carbonyl (C=O) groups excluding carboxylic acids is 1. The van der Waals surface area contributed by atoms with Crippen molar-refractivity contribution in [3.63, 3.8) is 0 Å². The van der Waals surface area contributed by atoms with Crippen molar-refractivity contribution in [2.45, 2.75) is 37.8 Å². The molecule has 3 N–H and O–H groups in total. The smallest absolute Gasteiger partial charge is 0.251 e. The van der Waals surface area contributed by atoms with Gasteiger partial charge in [0.1, 0.15) is 29.3 Å². The average molecular weight is 505 g/mol. The molecule has 1 amide bonds. The number of rotatable bonds is 6. The van der Waals surface area contributed by atoms with Gasteiger partial charge in [-0.2, -0.15) is 0 Å². The maximum Gasteiger partial charge on any atom is 0.251 e. The Morgan fingerprint density at radius 2 is 1.61 bits per heavy atom. The Morgan fingerprint density at radius 3 is 2.34 bits per heavy atom. The second kappa shape index (κ2) is 10.3. The minimum atomic E-state index is -0.0512. The van der Waals surface area contributed by atoms with E-state index >= 15 is 0 Å². The van der Waals surface area contributed by atoms with Crippen molar-refractivity contribution in [3.05, 3.63) is 97.2 Å². The van der Waals surface area contributed by atoms with Crippen LogP contribution in [0.25, 0.3) is 22.2 Å². The third kappa shape index (κ3) is 4.80. The van der Waals surface area contributed by atoms with Gasteiger partial charge < -0.3 is 20.4 Å². The fourth-order valence-electron chi connectivity index (χ4n) is 5.20. The number of pyridine rings is 1. The van der Waals surface area contributed by atoms with Gasteiger partial charge in [0.25, 0.3) is 5.91 Å². The van der Waals surface area contributed by atoms with Crippen LogP contribution in [0, 0.1) is 0 Å². The summed E-state index contributed by atoms with van der Waals surface area (Å²) < 4.78 is 8.19. The minimum absolute atomic E-state index is 0.0512. The highest BCUT2D eigenvalue weighted by atomic mass is 16.5. The Kier molecular flexibility index (Phi) is 6.44. The number of carbonyl (C=O) groups is 1. The molecule has 0 atom stereocenters. The number of nitrogens with one attached hydrogen (secondary N) is 1. The van der Waals surface area contributed by atoms with Crippen molar-refractivity contribution in [1.29, 1.82) is 0 Å². The number of nitrogens with two attached hydrogens (primary N) is 1. The topological polar surface area (TPSA) is 108 Å². The van der Waals surface area contributed by atoms with Gasteiger partial charge in [0.15, 0.2) is 0 Å². The predicted molar refractivity (Wildman–Crippen MR) is 147 cm³/mol. The summed E-state index contributed by atoms with van der Waals surface area (Å²) in [6, 6.07) is 21.6. The Morgan fingerprint density at radius 1 is 0.895 bits per heavy atom. The first-order chi connectivity index (χ1) is 18.7. The van der Waals surface area contributed by atoms with Gasteiger partial charge in [0.2, 0.25) is 0 Å². The first-order valence-electron chi connectivity index (χ1n) is 12.8. The summed E-state index contributed by atoms with van der Waals surface area (Å²) in [5.41, 5.74) is 9.85. The van der Waals surface area contributed by atoms with Crippen molar-refractivity contribution in [2.75, 3.05) is 5.73 Å². The molecule has 38 heavy (non-hydrogen) atoms. The molecule has 3 aromatic heterocycles. The minimum Gasteiger partial charge on any atom is -0.457 e. The maximum atomic E-state index is 12.6. The van der Waals surface area contributed by atoms with Crippen LogP contribution in [0.1, 0.15) is 42.1 Å². The molecule has 6 rings (SSSR count). The number of nitrogens with zero attached hydrogens (tertiary/aromatic N) is 4. The standard InChI is InChI=1S/C30H28N6O2/c31-28-27-26(20-6-12-25(13-7-20)38-24-4-2-1-3-5-24)18-36(29(27)34-19-33-28)23-10-8-22(9-11-23)35-30(37)21-14-16-32-17-15-21/h1-7,12-19,22-23H,8-11H2,(H,35,37)(H2,31,33,34)/t22-,23+. The third-order valence-corrected chi connectivity index (χ3v) is 7.15. The van der Waals surface area contributed by atoms with E-state index in [1.165, 1.54) is 6.33 Å². The number of ether oxygens (including phenoxy) is 1. The van der Waals surface area contributed by atoms with Crippen molar-refractivity contribution in [3.8, 4) is 22.6 Å². The molecule has 0 radical (unpaired) electrons. The monoisotopic (exact) mass is 504 g/mol. The van der Waals surface area contributed by atoms with Crippen LogP contribution in [0.2, 0.25) is 0 Å². The second-order valence-corrected chi connectivity index (χ2v) is 9.56. The number of para-hydroxylation sites is 1. The molecule has 0 bridgehead atoms. The van der Waals surface area contributed by atoms with E-state index in [0.29, 0.717) is 11.4 Å². The van der Waals surface area contributed by atoms with Crippen molar-refractivity contribution in [2.24, 2.45) is 0 Å². The molecule has 1 aliphatic rings. The van der Waals surface area contributed by atoms with E-state index in [9.17, 15) is 4.79 Å². The summed E-state index contributed by atoms with van der Waals surface area (Å²) in [7, 11) is 0. The Hall–Kier alpha value is -4.72. The molecule has 0 unspecified atom stereocenters. The lowest BCUT2D eigenvalue weighted by Gasteiger charge is -2.30. The van der Waals surface area contributed by atoms with Crippen LogP contribution in [-0.2, 0) is 0 Å². The lowest BCUT2D eigenvalue weighted by Crippen LogP contribution is -2.38. The summed E-state index contributed by atoms with van der Waals surface area (Å²) in [6.45, 7) is 0. The quantitative estimate of drug-likeness (QED) is 0.303. The summed E-state index contributed by atoms with van der Waals surface area (Å²) in [4.78, 5) is 25.5. The van der Waals surface area contributed by atoms with Gasteiger partial charge in [-0.25, -0.2) is 9.97 Å². The van der Waals surface area contributed by atoms with Crippen LogP contribution >= 0.6 is 0 Å². The van der Waals surface area contributed by atoms with E-state index in [4.69, 9.17) is 10.5 Å². The average Bonchev–Trinajstić information content (AvgIpc) is 3.36. The van der Waals surface area contributed by atoms with E-state index < -0.39 is 0 Å². The number of benzene rings is 2. The highest BCUT2D eigenvalue weighted by molar-refractivity contribution is 6.00. The first kappa shape index (κ1) is 23.7. The van der Waals surface area contributed by atoms with E-state index in [2.05, 4.69) is 31.0 Å². The second-order valence-electron chi connectivity index (χ2n) is 9.56. The molecule has 8 nitrogen and oxygen atoms in total. The molecule has 2 aromatic carbocycles. The number of hydrogen-bond acceptors (Lipinski definition) is 6. The van der Waals surface area contributed by atoms with Crippen LogP contribution in [0.5, 0.6) is 11.5 Å². The van der Waals surface area contributed by atoms with Crippen molar-refractivity contribution >= 4 is 22.8 Å². The normalized spacial score (nSPS) is 17.3. The van der Waals surface area contributed by atoms with Gasteiger partial charge in [0, 0.05) is 41.8 Å². The number of nitrogen functional groups attached to an aromatic ring is 1. The molecule has 0 saturated heterocycles. The number of aromatic nitrogens is 4. The Balaban J connectivity index is 1.21. The third-order valence-electron chi connectivity index (χ3n) is 7.15. The van der Waals surface area contributed by atoms with Crippen molar-refractivity contribution < 1.29 is 9.53 Å². The van der Waals surface area contributed by atoms with Gasteiger partial charge >= 0.3 is 0 Å². The van der Waals surface area contributed by atoms with Crippen LogP contribution in [0.3, 0.4) is 0 Å². The highest BCUT2D eigenvalue weighted by Gasteiger charge is 2.26. The largest absolute Gasteiger partial charge is 0.457 e. The molecule has 1 saturated carbocycles. The van der Waals surface area contributed by atoms with Crippen molar-refractivity contribution in [1.82, 2.24) is 24.8 Å². The number of anilines is 1. The van der Waals surface area contributed by atoms with Crippen LogP contribution < -0.4 is 15.8 Å². The van der Waals surface area contributed by atoms with Crippen LogP contribution in [-0.4, -0.2) is 31.5 Å².